The van der Waals surface area contributed by atoms with E-state index in [1.807, 2.05) is 12.1 Å². The van der Waals surface area contributed by atoms with E-state index in [9.17, 15) is 9.59 Å². The Bertz CT molecular complexity index is 663. The molecule has 0 aliphatic heterocycles. The van der Waals surface area contributed by atoms with E-state index in [0.717, 1.165) is 12.0 Å². The summed E-state index contributed by atoms with van der Waals surface area (Å²) >= 11 is 0. The van der Waals surface area contributed by atoms with Crippen LogP contribution in [0.2, 0.25) is 0 Å². The third-order valence-corrected chi connectivity index (χ3v) is 3.29. The van der Waals surface area contributed by atoms with Crippen molar-refractivity contribution in [3.05, 3.63) is 60.4 Å². The van der Waals surface area contributed by atoms with E-state index in [1.165, 1.54) is 17.2 Å². The lowest BCUT2D eigenvalue weighted by Crippen LogP contribution is -2.38. The molecule has 0 fully saturated rings. The molecule has 6 nitrogen and oxygen atoms in total. The molecule has 2 amide bonds. The molecule has 0 aliphatic carbocycles. The number of carbonyl (C=O) groups excluding carboxylic acids is 2. The van der Waals surface area contributed by atoms with Gasteiger partial charge in [0, 0.05) is 18.2 Å². The van der Waals surface area contributed by atoms with Crippen molar-refractivity contribution in [3.63, 3.8) is 0 Å². The minimum Gasteiger partial charge on any atom is -0.363 e. The summed E-state index contributed by atoms with van der Waals surface area (Å²) in [6.07, 6.45) is 3.85. The fourth-order valence-electron chi connectivity index (χ4n) is 2.07. The molecule has 2 rings (SSSR count). The Balaban J connectivity index is 2.05. The maximum Gasteiger partial charge on any atom is 0.254 e. The van der Waals surface area contributed by atoms with Crippen LogP contribution in [-0.2, 0) is 11.2 Å². The van der Waals surface area contributed by atoms with Gasteiger partial charge in [-0.2, -0.15) is 0 Å². The Hall–Kier alpha value is -2.89. The van der Waals surface area contributed by atoms with Crippen LogP contribution in [0, 0.1) is 0 Å². The summed E-state index contributed by atoms with van der Waals surface area (Å²) in [7, 11) is 0. The minimum atomic E-state index is -0.348. The van der Waals surface area contributed by atoms with E-state index in [2.05, 4.69) is 28.5 Å². The van der Waals surface area contributed by atoms with Gasteiger partial charge in [0.1, 0.15) is 12.8 Å². The molecule has 0 saturated carbocycles. The van der Waals surface area contributed by atoms with Crippen molar-refractivity contribution in [1.82, 2.24) is 10.1 Å². The van der Waals surface area contributed by atoms with Gasteiger partial charge < -0.3 is 14.7 Å². The molecular weight excluding hydrogens is 294 g/mol. The SMILES string of the molecule is C=CCN(CC(=O)Nc1ccon1)C(=O)c1ccc(CC)cc1. The van der Waals surface area contributed by atoms with E-state index in [-0.39, 0.29) is 24.9 Å². The molecule has 0 spiro atoms. The van der Waals surface area contributed by atoms with Crippen LogP contribution in [-0.4, -0.2) is 35.0 Å². The summed E-state index contributed by atoms with van der Waals surface area (Å²) in [6, 6.07) is 8.89. The molecule has 0 radical (unpaired) electrons. The number of amides is 2. The first-order chi connectivity index (χ1) is 11.1. The van der Waals surface area contributed by atoms with Gasteiger partial charge in [-0.1, -0.05) is 30.3 Å². The van der Waals surface area contributed by atoms with Crippen molar-refractivity contribution < 1.29 is 14.1 Å². The largest absolute Gasteiger partial charge is 0.363 e. The number of aryl methyl sites for hydroxylation is 1. The molecule has 23 heavy (non-hydrogen) atoms. The van der Waals surface area contributed by atoms with Gasteiger partial charge in [-0.3, -0.25) is 9.59 Å². The first-order valence-corrected chi connectivity index (χ1v) is 7.33. The van der Waals surface area contributed by atoms with E-state index in [1.54, 1.807) is 18.2 Å². The van der Waals surface area contributed by atoms with Crippen molar-refractivity contribution in [2.24, 2.45) is 0 Å². The van der Waals surface area contributed by atoms with E-state index < -0.39 is 0 Å². The van der Waals surface area contributed by atoms with Gasteiger partial charge in [-0.15, -0.1) is 6.58 Å². The number of carbonyl (C=O) groups is 2. The average molecular weight is 313 g/mol. The number of nitrogens with zero attached hydrogens (tertiary/aromatic N) is 2. The van der Waals surface area contributed by atoms with E-state index in [0.29, 0.717) is 11.4 Å². The fraction of sp³-hybridized carbons (Fsp3) is 0.235. The third kappa shape index (κ3) is 4.54. The smallest absolute Gasteiger partial charge is 0.254 e. The van der Waals surface area contributed by atoms with Crippen LogP contribution < -0.4 is 5.32 Å². The highest BCUT2D eigenvalue weighted by molar-refractivity contribution is 5.99. The predicted molar refractivity (Wildman–Crippen MR) is 87.1 cm³/mol. The molecule has 1 aromatic heterocycles. The van der Waals surface area contributed by atoms with Crippen LogP contribution >= 0.6 is 0 Å². The summed E-state index contributed by atoms with van der Waals surface area (Å²) in [4.78, 5) is 26.0. The van der Waals surface area contributed by atoms with Crippen LogP contribution in [0.4, 0.5) is 5.82 Å². The standard InChI is InChI=1S/C17H19N3O3/c1-3-10-20(12-16(21)18-15-9-11-23-19-15)17(22)14-7-5-13(4-2)6-8-14/h3,5-9,11H,1,4,10,12H2,2H3,(H,18,19,21). The van der Waals surface area contributed by atoms with Gasteiger partial charge >= 0.3 is 0 Å². The highest BCUT2D eigenvalue weighted by Crippen LogP contribution is 2.09. The van der Waals surface area contributed by atoms with Gasteiger partial charge in [0.15, 0.2) is 5.82 Å². The molecule has 1 heterocycles. The monoisotopic (exact) mass is 313 g/mol. The van der Waals surface area contributed by atoms with E-state index in [4.69, 9.17) is 0 Å². The van der Waals surface area contributed by atoms with Crippen LogP contribution in [0.3, 0.4) is 0 Å². The summed E-state index contributed by atoms with van der Waals surface area (Å²) in [6.45, 7) is 5.87. The molecule has 0 bridgehead atoms. The predicted octanol–water partition coefficient (Wildman–Crippen LogP) is 2.50. The van der Waals surface area contributed by atoms with Crippen LogP contribution in [0.1, 0.15) is 22.8 Å². The number of anilines is 1. The lowest BCUT2D eigenvalue weighted by Gasteiger charge is -2.20. The number of benzene rings is 1. The maximum atomic E-state index is 12.5. The van der Waals surface area contributed by atoms with Gasteiger partial charge in [0.25, 0.3) is 5.91 Å². The number of aromatic nitrogens is 1. The number of rotatable bonds is 7. The van der Waals surface area contributed by atoms with Gasteiger partial charge in [-0.05, 0) is 24.1 Å². The Morgan fingerprint density at radius 1 is 1.30 bits per heavy atom. The summed E-state index contributed by atoms with van der Waals surface area (Å²) in [5, 5.41) is 6.16. The van der Waals surface area contributed by atoms with Crippen LogP contribution in [0.25, 0.3) is 0 Å². The van der Waals surface area contributed by atoms with Crippen LogP contribution in [0.15, 0.2) is 53.8 Å². The van der Waals surface area contributed by atoms with Gasteiger partial charge in [0.05, 0.1) is 0 Å². The second-order valence-electron chi connectivity index (χ2n) is 4.96. The molecule has 6 heteroatoms. The van der Waals surface area contributed by atoms with Gasteiger partial charge in [-0.25, -0.2) is 0 Å². The Kier molecular flexibility index (Phi) is 5.68. The topological polar surface area (TPSA) is 75.4 Å². The molecule has 2 aromatic rings. The Labute approximate surface area is 134 Å². The molecule has 0 aliphatic rings. The summed E-state index contributed by atoms with van der Waals surface area (Å²) in [5.74, 6) is -0.254. The molecule has 1 N–H and O–H groups in total. The highest BCUT2D eigenvalue weighted by Gasteiger charge is 2.18. The molecule has 0 atom stereocenters. The normalized spacial score (nSPS) is 10.1. The zero-order valence-corrected chi connectivity index (χ0v) is 13.0. The number of nitrogens with one attached hydrogen (secondary N) is 1. The van der Waals surface area contributed by atoms with Crippen molar-refractivity contribution in [2.45, 2.75) is 13.3 Å². The minimum absolute atomic E-state index is 0.0900. The first kappa shape index (κ1) is 16.5. The first-order valence-electron chi connectivity index (χ1n) is 7.33. The number of hydrogen-bond acceptors (Lipinski definition) is 4. The Morgan fingerprint density at radius 2 is 2.04 bits per heavy atom. The Morgan fingerprint density at radius 3 is 2.61 bits per heavy atom. The van der Waals surface area contributed by atoms with Gasteiger partial charge in [0.2, 0.25) is 5.91 Å². The zero-order chi connectivity index (χ0) is 16.7. The summed E-state index contributed by atoms with van der Waals surface area (Å²) in [5.41, 5.74) is 1.69. The third-order valence-electron chi connectivity index (χ3n) is 3.29. The zero-order valence-electron chi connectivity index (χ0n) is 13.0. The molecular formula is C17H19N3O3. The van der Waals surface area contributed by atoms with Crippen LogP contribution in [0.5, 0.6) is 0 Å². The maximum absolute atomic E-state index is 12.5. The lowest BCUT2D eigenvalue weighted by atomic mass is 10.1. The van der Waals surface area contributed by atoms with Crippen molar-refractivity contribution in [2.75, 3.05) is 18.4 Å². The molecule has 0 saturated heterocycles. The fourth-order valence-corrected chi connectivity index (χ4v) is 2.07. The van der Waals surface area contributed by atoms with Crippen molar-refractivity contribution >= 4 is 17.6 Å². The second-order valence-corrected chi connectivity index (χ2v) is 4.96. The van der Waals surface area contributed by atoms with Crippen molar-refractivity contribution in [3.8, 4) is 0 Å². The quantitative estimate of drug-likeness (QED) is 0.797. The van der Waals surface area contributed by atoms with E-state index >= 15 is 0 Å². The molecule has 1 aromatic carbocycles. The lowest BCUT2D eigenvalue weighted by molar-refractivity contribution is -0.116. The number of hydrogen-bond donors (Lipinski definition) is 1. The highest BCUT2D eigenvalue weighted by atomic mass is 16.5. The summed E-state index contributed by atoms with van der Waals surface area (Å²) < 4.78 is 4.64. The molecule has 0 unspecified atom stereocenters. The average Bonchev–Trinajstić information content (AvgIpc) is 3.06. The molecule has 120 valence electrons. The van der Waals surface area contributed by atoms with Crippen molar-refractivity contribution in [1.29, 1.82) is 0 Å². The second kappa shape index (κ2) is 7.93.